The van der Waals surface area contributed by atoms with Crippen molar-refractivity contribution in [2.45, 2.75) is 111 Å². The van der Waals surface area contributed by atoms with Crippen molar-refractivity contribution in [1.29, 1.82) is 0 Å². The van der Waals surface area contributed by atoms with Gasteiger partial charge in [0.2, 0.25) is 0 Å². The number of aromatic hydroxyl groups is 2. The molecule has 0 radical (unpaired) electrons. The number of phenols is 2. The summed E-state index contributed by atoms with van der Waals surface area (Å²) in [7, 11) is 0. The van der Waals surface area contributed by atoms with Crippen LogP contribution in [0, 0.1) is 0 Å². The summed E-state index contributed by atoms with van der Waals surface area (Å²) < 4.78 is 0. The Kier molecular flexibility index (Phi) is 10.7. The lowest BCUT2D eigenvalue weighted by Crippen LogP contribution is -2.18. The van der Waals surface area contributed by atoms with Crippen molar-refractivity contribution >= 4 is 0 Å². The minimum atomic E-state index is -0.179. The Morgan fingerprint density at radius 2 is 1.00 bits per heavy atom. The molecule has 0 aliphatic heterocycles. The average Bonchev–Trinajstić information content (AvgIpc) is 2.76. The fraction of sp³-hybridized carbons (Fsp3) is 0.613. The molecule has 0 saturated carbocycles. The SMILES string of the molecule is CCCCNCc1cc(Cc2cc(CNCCCC)cc(C(C)(C)C)c2O)c(O)c(C(C)(C)C)c1. The van der Waals surface area contributed by atoms with Crippen LogP contribution in [0.5, 0.6) is 11.5 Å². The molecular formula is C31H50N2O2. The zero-order chi connectivity index (χ0) is 26.2. The minimum absolute atomic E-state index is 0.179. The van der Waals surface area contributed by atoms with E-state index in [-0.39, 0.29) is 10.8 Å². The van der Waals surface area contributed by atoms with Gasteiger partial charge in [-0.25, -0.2) is 0 Å². The summed E-state index contributed by atoms with van der Waals surface area (Å²) in [5, 5.41) is 29.7. The molecule has 0 aromatic heterocycles. The molecule has 0 aliphatic rings. The van der Waals surface area contributed by atoms with Crippen LogP contribution in [0.1, 0.15) is 114 Å². The summed E-state index contributed by atoms with van der Waals surface area (Å²) in [6.45, 7) is 20.7. The van der Waals surface area contributed by atoms with E-state index >= 15 is 0 Å². The largest absolute Gasteiger partial charge is 0.507 e. The summed E-state index contributed by atoms with van der Waals surface area (Å²) >= 11 is 0. The normalized spacial score (nSPS) is 12.3. The van der Waals surface area contributed by atoms with E-state index in [1.165, 1.54) is 24.0 Å². The second-order valence-electron chi connectivity index (χ2n) is 12.0. The van der Waals surface area contributed by atoms with Crippen LogP contribution in [0.3, 0.4) is 0 Å². The molecule has 2 aromatic carbocycles. The van der Waals surface area contributed by atoms with Gasteiger partial charge in [0.05, 0.1) is 0 Å². The van der Waals surface area contributed by atoms with E-state index in [1.54, 1.807) is 0 Å². The number of hydrogen-bond donors (Lipinski definition) is 4. The van der Waals surface area contributed by atoms with Crippen LogP contribution in [-0.4, -0.2) is 23.3 Å². The summed E-state index contributed by atoms with van der Waals surface area (Å²) in [6, 6.07) is 8.47. The van der Waals surface area contributed by atoms with Gasteiger partial charge in [0, 0.05) is 19.5 Å². The van der Waals surface area contributed by atoms with Crippen molar-refractivity contribution in [3.05, 3.63) is 57.6 Å². The molecule has 2 rings (SSSR count). The molecule has 4 N–H and O–H groups in total. The predicted molar refractivity (Wildman–Crippen MR) is 150 cm³/mol. The van der Waals surface area contributed by atoms with Crippen molar-refractivity contribution in [1.82, 2.24) is 10.6 Å². The number of benzene rings is 2. The van der Waals surface area contributed by atoms with Crippen LogP contribution in [0.4, 0.5) is 0 Å². The van der Waals surface area contributed by atoms with Gasteiger partial charge in [0.1, 0.15) is 11.5 Å². The number of hydrogen-bond acceptors (Lipinski definition) is 4. The van der Waals surface area contributed by atoms with Crippen LogP contribution in [-0.2, 0) is 30.3 Å². The van der Waals surface area contributed by atoms with Crippen molar-refractivity contribution in [2.75, 3.05) is 13.1 Å². The molecule has 35 heavy (non-hydrogen) atoms. The first-order chi connectivity index (χ1) is 16.4. The Labute approximate surface area is 214 Å². The van der Waals surface area contributed by atoms with Crippen molar-refractivity contribution in [2.24, 2.45) is 0 Å². The lowest BCUT2D eigenvalue weighted by molar-refractivity contribution is 0.434. The Morgan fingerprint density at radius 3 is 1.31 bits per heavy atom. The Bertz CT molecular complexity index is 874. The van der Waals surface area contributed by atoms with Crippen LogP contribution in [0.25, 0.3) is 0 Å². The molecule has 0 aliphatic carbocycles. The van der Waals surface area contributed by atoms with Crippen LogP contribution >= 0.6 is 0 Å². The first kappa shape index (κ1) is 29.2. The standard InChI is InChI=1S/C31H50N2O2/c1-9-11-13-32-20-22-15-24(28(34)26(17-22)30(3,4)5)19-25-16-23(21-33-14-12-10-2)18-27(29(25)35)31(6,7)8/h15-18,32-35H,9-14,19-21H2,1-8H3. The monoisotopic (exact) mass is 482 g/mol. The zero-order valence-corrected chi connectivity index (χ0v) is 23.6. The Balaban J connectivity index is 2.48. The van der Waals surface area contributed by atoms with E-state index in [9.17, 15) is 10.2 Å². The van der Waals surface area contributed by atoms with Crippen LogP contribution in [0.2, 0.25) is 0 Å². The highest BCUT2D eigenvalue weighted by molar-refractivity contribution is 5.53. The predicted octanol–water partition coefficient (Wildman–Crippen LogP) is 7.06. The molecule has 2 aromatic rings. The molecule has 0 amide bonds. The average molecular weight is 483 g/mol. The van der Waals surface area contributed by atoms with E-state index < -0.39 is 0 Å². The molecule has 0 fully saturated rings. The molecular weight excluding hydrogens is 432 g/mol. The lowest BCUT2D eigenvalue weighted by Gasteiger charge is -2.25. The van der Waals surface area contributed by atoms with Gasteiger partial charge in [-0.2, -0.15) is 0 Å². The quantitative estimate of drug-likeness (QED) is 0.244. The Morgan fingerprint density at radius 1 is 0.629 bits per heavy atom. The van der Waals surface area contributed by atoms with Crippen molar-refractivity contribution in [3.8, 4) is 11.5 Å². The first-order valence-corrected chi connectivity index (χ1v) is 13.5. The molecule has 4 heteroatoms. The smallest absolute Gasteiger partial charge is 0.122 e. The molecule has 0 atom stereocenters. The summed E-state index contributed by atoms with van der Waals surface area (Å²) in [5.74, 6) is 0.691. The van der Waals surface area contributed by atoms with Crippen molar-refractivity contribution < 1.29 is 10.2 Å². The maximum Gasteiger partial charge on any atom is 0.122 e. The third-order valence-electron chi connectivity index (χ3n) is 6.57. The van der Waals surface area contributed by atoms with Gasteiger partial charge in [0.15, 0.2) is 0 Å². The van der Waals surface area contributed by atoms with Gasteiger partial charge in [0.25, 0.3) is 0 Å². The molecule has 0 unspecified atom stereocenters. The van der Waals surface area contributed by atoms with E-state index in [2.05, 4.69) is 90.3 Å². The summed E-state index contributed by atoms with van der Waals surface area (Å²) in [6.07, 6.45) is 5.13. The highest BCUT2D eigenvalue weighted by Crippen LogP contribution is 2.39. The van der Waals surface area contributed by atoms with Gasteiger partial charge in [-0.1, -0.05) is 92.5 Å². The first-order valence-electron chi connectivity index (χ1n) is 13.5. The van der Waals surface area contributed by atoms with Gasteiger partial charge in [-0.3, -0.25) is 0 Å². The second kappa shape index (κ2) is 12.8. The van der Waals surface area contributed by atoms with Gasteiger partial charge in [-0.05, 0) is 70.1 Å². The molecule has 0 spiro atoms. The maximum absolute atomic E-state index is 11.3. The Hall–Kier alpha value is -2.04. The highest BCUT2D eigenvalue weighted by Gasteiger charge is 2.24. The third kappa shape index (κ3) is 8.54. The maximum atomic E-state index is 11.3. The minimum Gasteiger partial charge on any atom is -0.507 e. The van der Waals surface area contributed by atoms with Crippen LogP contribution < -0.4 is 10.6 Å². The van der Waals surface area contributed by atoms with Gasteiger partial charge in [-0.15, -0.1) is 0 Å². The van der Waals surface area contributed by atoms with E-state index in [0.29, 0.717) is 17.9 Å². The summed E-state index contributed by atoms with van der Waals surface area (Å²) in [4.78, 5) is 0. The molecule has 0 saturated heterocycles. The molecule has 0 bridgehead atoms. The number of rotatable bonds is 12. The van der Waals surface area contributed by atoms with E-state index in [1.807, 2.05) is 0 Å². The lowest BCUT2D eigenvalue weighted by atomic mass is 9.81. The van der Waals surface area contributed by atoms with Gasteiger partial charge < -0.3 is 20.8 Å². The third-order valence-corrected chi connectivity index (χ3v) is 6.57. The number of nitrogens with one attached hydrogen (secondary N) is 2. The van der Waals surface area contributed by atoms with Gasteiger partial charge >= 0.3 is 0 Å². The number of phenolic OH excluding ortho intramolecular Hbond substituents is 2. The molecule has 0 heterocycles. The second-order valence-corrected chi connectivity index (χ2v) is 12.0. The van der Waals surface area contributed by atoms with Crippen LogP contribution in [0.15, 0.2) is 24.3 Å². The fourth-order valence-electron chi connectivity index (χ4n) is 4.41. The van der Waals surface area contributed by atoms with Crippen molar-refractivity contribution in [3.63, 3.8) is 0 Å². The topological polar surface area (TPSA) is 64.5 Å². The summed E-state index contributed by atoms with van der Waals surface area (Å²) in [5.41, 5.74) is 5.64. The van der Waals surface area contributed by atoms with E-state index in [4.69, 9.17) is 0 Å². The number of unbranched alkanes of at least 4 members (excludes halogenated alkanes) is 2. The van der Waals surface area contributed by atoms with E-state index in [0.717, 1.165) is 61.3 Å². The fourth-order valence-corrected chi connectivity index (χ4v) is 4.41. The highest BCUT2D eigenvalue weighted by atomic mass is 16.3. The molecule has 196 valence electrons. The molecule has 4 nitrogen and oxygen atoms in total. The zero-order valence-electron chi connectivity index (χ0n) is 23.6.